The van der Waals surface area contributed by atoms with Crippen molar-refractivity contribution >= 4 is 11.6 Å². The van der Waals surface area contributed by atoms with Crippen LogP contribution in [0.1, 0.15) is 10.6 Å². The summed E-state index contributed by atoms with van der Waals surface area (Å²) in [5.41, 5.74) is 2.26. The van der Waals surface area contributed by atoms with E-state index in [1.54, 1.807) is 24.4 Å². The summed E-state index contributed by atoms with van der Waals surface area (Å²) < 4.78 is 32.4. The number of hydrogen-bond acceptors (Lipinski definition) is 3. The fourth-order valence-electron chi connectivity index (χ4n) is 2.70. The normalized spacial score (nSPS) is 10.7. The van der Waals surface area contributed by atoms with Gasteiger partial charge in [-0.2, -0.15) is 0 Å². The first-order valence-corrected chi connectivity index (χ1v) is 8.06. The fourth-order valence-corrected chi connectivity index (χ4v) is 2.70. The highest BCUT2D eigenvalue weighted by Crippen LogP contribution is 2.32. The van der Waals surface area contributed by atoms with E-state index in [1.807, 2.05) is 6.07 Å². The Labute approximate surface area is 152 Å². The van der Waals surface area contributed by atoms with Gasteiger partial charge in [-0.25, -0.2) is 8.78 Å². The molecule has 3 heterocycles. The maximum atomic E-state index is 13.6. The van der Waals surface area contributed by atoms with Crippen LogP contribution in [-0.4, -0.2) is 15.9 Å². The molecular formula is C20H13F2N3O2. The molecular weight excluding hydrogens is 352 g/mol. The minimum atomic E-state index is -0.638. The smallest absolute Gasteiger partial charge is 0.291 e. The highest BCUT2D eigenvalue weighted by atomic mass is 19.1. The first kappa shape index (κ1) is 16.7. The van der Waals surface area contributed by atoms with Crippen LogP contribution in [0.5, 0.6) is 0 Å². The van der Waals surface area contributed by atoms with Crippen molar-refractivity contribution in [2.75, 3.05) is 5.32 Å². The van der Waals surface area contributed by atoms with E-state index in [2.05, 4.69) is 15.3 Å². The second kappa shape index (κ2) is 6.87. The van der Waals surface area contributed by atoms with Gasteiger partial charge >= 0.3 is 0 Å². The number of H-pyrrole nitrogens is 1. The van der Waals surface area contributed by atoms with Gasteiger partial charge in [0.15, 0.2) is 17.3 Å². The van der Waals surface area contributed by atoms with Gasteiger partial charge in [-0.1, -0.05) is 12.1 Å². The molecule has 134 valence electrons. The van der Waals surface area contributed by atoms with Gasteiger partial charge < -0.3 is 14.7 Å². The number of nitrogens with one attached hydrogen (secondary N) is 2. The van der Waals surface area contributed by atoms with Crippen molar-refractivity contribution in [1.29, 1.82) is 0 Å². The van der Waals surface area contributed by atoms with E-state index in [0.717, 1.165) is 17.3 Å². The van der Waals surface area contributed by atoms with Crippen molar-refractivity contribution in [3.05, 3.63) is 84.5 Å². The number of amides is 1. The van der Waals surface area contributed by atoms with Crippen LogP contribution >= 0.6 is 0 Å². The van der Waals surface area contributed by atoms with Gasteiger partial charge in [0, 0.05) is 18.0 Å². The number of aromatic nitrogens is 2. The lowest BCUT2D eigenvalue weighted by molar-refractivity contribution is 0.0997. The molecule has 0 saturated carbocycles. The number of halogens is 2. The SMILES string of the molecule is O=C(Nc1ccncc1F)c1ccc(-c2[nH]ccc2-c2ccc(F)cc2)o1. The molecule has 27 heavy (non-hydrogen) atoms. The number of hydrogen-bond donors (Lipinski definition) is 2. The molecule has 5 nitrogen and oxygen atoms in total. The van der Waals surface area contributed by atoms with Gasteiger partial charge in [-0.15, -0.1) is 0 Å². The van der Waals surface area contributed by atoms with Gasteiger partial charge in [0.1, 0.15) is 5.82 Å². The number of benzene rings is 1. The molecule has 0 unspecified atom stereocenters. The molecule has 0 aliphatic rings. The highest BCUT2D eigenvalue weighted by molar-refractivity contribution is 6.02. The quantitative estimate of drug-likeness (QED) is 0.542. The molecule has 1 aromatic carbocycles. The summed E-state index contributed by atoms with van der Waals surface area (Å²) in [4.78, 5) is 19.0. The van der Waals surface area contributed by atoms with Gasteiger partial charge in [0.05, 0.1) is 17.6 Å². The van der Waals surface area contributed by atoms with E-state index in [4.69, 9.17) is 4.42 Å². The van der Waals surface area contributed by atoms with Crippen LogP contribution in [0.3, 0.4) is 0 Å². The number of anilines is 1. The average Bonchev–Trinajstić information content (AvgIpc) is 3.33. The fraction of sp³-hybridized carbons (Fsp3) is 0. The maximum absolute atomic E-state index is 13.6. The molecule has 0 bridgehead atoms. The Morgan fingerprint density at radius 3 is 2.63 bits per heavy atom. The zero-order chi connectivity index (χ0) is 18.8. The minimum absolute atomic E-state index is 0.0137. The summed E-state index contributed by atoms with van der Waals surface area (Å²) in [6, 6.07) is 12.4. The zero-order valence-corrected chi connectivity index (χ0v) is 13.9. The van der Waals surface area contributed by atoms with E-state index in [9.17, 15) is 13.6 Å². The topological polar surface area (TPSA) is 70.9 Å². The predicted molar refractivity (Wildman–Crippen MR) is 96.0 cm³/mol. The molecule has 0 saturated heterocycles. The van der Waals surface area contributed by atoms with E-state index in [1.165, 1.54) is 30.5 Å². The molecule has 0 aliphatic heterocycles. The van der Waals surface area contributed by atoms with Crippen molar-refractivity contribution in [3.63, 3.8) is 0 Å². The molecule has 0 spiro atoms. The van der Waals surface area contributed by atoms with Crippen LogP contribution in [0.15, 0.2) is 71.5 Å². The van der Waals surface area contributed by atoms with E-state index < -0.39 is 11.7 Å². The van der Waals surface area contributed by atoms with Crippen molar-refractivity contribution in [3.8, 4) is 22.6 Å². The third-order valence-electron chi connectivity index (χ3n) is 4.00. The predicted octanol–water partition coefficient (Wildman–Crippen LogP) is 4.87. The molecule has 4 aromatic rings. The number of rotatable bonds is 4. The van der Waals surface area contributed by atoms with Crippen molar-refractivity contribution < 1.29 is 18.0 Å². The van der Waals surface area contributed by atoms with E-state index in [-0.39, 0.29) is 17.3 Å². The van der Waals surface area contributed by atoms with Crippen LogP contribution in [0, 0.1) is 11.6 Å². The standard InChI is InChI=1S/C20H13F2N3O2/c21-13-3-1-12(2-4-13)14-7-10-24-19(14)17-5-6-18(27-17)20(26)25-16-8-9-23-11-15(16)22/h1-11,24H,(H,23,25,26). The maximum Gasteiger partial charge on any atom is 0.291 e. The highest BCUT2D eigenvalue weighted by Gasteiger charge is 2.17. The van der Waals surface area contributed by atoms with Crippen molar-refractivity contribution in [2.24, 2.45) is 0 Å². The summed E-state index contributed by atoms with van der Waals surface area (Å²) in [6.45, 7) is 0. The van der Waals surface area contributed by atoms with Crippen LogP contribution < -0.4 is 5.32 Å². The van der Waals surface area contributed by atoms with Gasteiger partial charge in [-0.05, 0) is 42.0 Å². The molecule has 7 heteroatoms. The van der Waals surface area contributed by atoms with Gasteiger partial charge in [-0.3, -0.25) is 9.78 Å². The van der Waals surface area contributed by atoms with E-state index in [0.29, 0.717) is 11.5 Å². The first-order chi connectivity index (χ1) is 13.1. The first-order valence-electron chi connectivity index (χ1n) is 8.06. The Morgan fingerprint density at radius 2 is 1.85 bits per heavy atom. The summed E-state index contributed by atoms with van der Waals surface area (Å²) in [5, 5.41) is 2.44. The third kappa shape index (κ3) is 3.35. The molecule has 0 aliphatic carbocycles. The molecule has 0 atom stereocenters. The molecule has 0 fully saturated rings. The monoisotopic (exact) mass is 365 g/mol. The second-order valence-electron chi connectivity index (χ2n) is 5.75. The van der Waals surface area contributed by atoms with Gasteiger partial charge in [0.2, 0.25) is 0 Å². The number of pyridine rings is 1. The van der Waals surface area contributed by atoms with Crippen LogP contribution in [0.25, 0.3) is 22.6 Å². The Kier molecular flexibility index (Phi) is 4.25. The molecule has 2 N–H and O–H groups in total. The number of nitrogens with zero attached hydrogens (tertiary/aromatic N) is 1. The average molecular weight is 365 g/mol. The summed E-state index contributed by atoms with van der Waals surface area (Å²) in [5.74, 6) is -1.08. The van der Waals surface area contributed by atoms with Crippen LogP contribution in [-0.2, 0) is 0 Å². The second-order valence-corrected chi connectivity index (χ2v) is 5.75. The van der Waals surface area contributed by atoms with Crippen LogP contribution in [0.2, 0.25) is 0 Å². The number of carbonyl (C=O) groups is 1. The van der Waals surface area contributed by atoms with Crippen LogP contribution in [0.4, 0.5) is 14.5 Å². The largest absolute Gasteiger partial charge is 0.449 e. The molecule has 3 aromatic heterocycles. The molecule has 1 amide bonds. The lowest BCUT2D eigenvalue weighted by Crippen LogP contribution is -2.12. The van der Waals surface area contributed by atoms with Crippen molar-refractivity contribution in [2.45, 2.75) is 0 Å². The van der Waals surface area contributed by atoms with Crippen molar-refractivity contribution in [1.82, 2.24) is 9.97 Å². The molecule has 4 rings (SSSR count). The summed E-state index contributed by atoms with van der Waals surface area (Å²) >= 11 is 0. The zero-order valence-electron chi connectivity index (χ0n) is 13.9. The third-order valence-corrected chi connectivity index (χ3v) is 4.00. The minimum Gasteiger partial charge on any atom is -0.449 e. The van der Waals surface area contributed by atoms with E-state index >= 15 is 0 Å². The summed E-state index contributed by atoms with van der Waals surface area (Å²) in [7, 11) is 0. The number of carbonyl (C=O) groups excluding carboxylic acids is 1. The van der Waals surface area contributed by atoms with Gasteiger partial charge in [0.25, 0.3) is 5.91 Å². The number of furan rings is 1. The lowest BCUT2D eigenvalue weighted by atomic mass is 10.1. The Hall–Kier alpha value is -3.74. The Bertz CT molecular complexity index is 1100. The molecule has 0 radical (unpaired) electrons. The Balaban J connectivity index is 1.60. The lowest BCUT2D eigenvalue weighted by Gasteiger charge is -2.04. The summed E-state index contributed by atoms with van der Waals surface area (Å²) in [6.07, 6.45) is 4.11. The number of aromatic amines is 1. The Morgan fingerprint density at radius 1 is 1.04 bits per heavy atom.